The molecule has 0 saturated carbocycles. The molecule has 0 unspecified atom stereocenters. The molecule has 10 heteroatoms. The van der Waals surface area contributed by atoms with Gasteiger partial charge < -0.3 is 4.74 Å². The Hall–Kier alpha value is -1.61. The number of ether oxygens (including phenoxy) is 1. The Morgan fingerprint density at radius 2 is 2.24 bits per heavy atom. The smallest absolute Gasteiger partial charge is 0.422 e. The van der Waals surface area contributed by atoms with Crippen LogP contribution in [0.15, 0.2) is 12.4 Å². The predicted octanol–water partition coefficient (Wildman–Crippen LogP) is 0.533. The summed E-state index contributed by atoms with van der Waals surface area (Å²) in [6, 6.07) is 0. The van der Waals surface area contributed by atoms with Crippen molar-refractivity contribution in [2.75, 3.05) is 11.3 Å². The molecular weight excluding hydrogens is 272 g/mol. The van der Waals surface area contributed by atoms with Crippen LogP contribution in [0.2, 0.25) is 5.15 Å². The van der Waals surface area contributed by atoms with Crippen LogP contribution in [0.1, 0.15) is 6.92 Å². The van der Waals surface area contributed by atoms with Crippen molar-refractivity contribution in [3.05, 3.63) is 17.5 Å². The highest BCUT2D eigenvalue weighted by atomic mass is 35.5. The van der Waals surface area contributed by atoms with Crippen LogP contribution in [-0.4, -0.2) is 31.1 Å². The van der Waals surface area contributed by atoms with Crippen LogP contribution in [-0.2, 0) is 14.9 Å². The highest BCUT2D eigenvalue weighted by Crippen LogP contribution is 2.07. The third-order valence-corrected chi connectivity index (χ3v) is 2.43. The van der Waals surface area contributed by atoms with E-state index in [0.29, 0.717) is 0 Å². The lowest BCUT2D eigenvalue weighted by Gasteiger charge is -2.07. The van der Waals surface area contributed by atoms with Crippen molar-refractivity contribution in [3.8, 4) is 0 Å². The van der Waals surface area contributed by atoms with Gasteiger partial charge in [-0.25, -0.2) is 19.2 Å². The van der Waals surface area contributed by atoms with Crippen LogP contribution in [0.5, 0.6) is 0 Å². The van der Waals surface area contributed by atoms with Gasteiger partial charge in [0.25, 0.3) is 0 Å². The molecule has 8 nitrogen and oxygen atoms in total. The van der Waals surface area contributed by atoms with E-state index < -0.39 is 16.3 Å². The van der Waals surface area contributed by atoms with Crippen LogP contribution >= 0.6 is 11.6 Å². The van der Waals surface area contributed by atoms with Crippen molar-refractivity contribution < 1.29 is 17.9 Å². The highest BCUT2D eigenvalue weighted by Gasteiger charge is 2.15. The summed E-state index contributed by atoms with van der Waals surface area (Å²) < 4.78 is 30.7. The number of aromatic nitrogens is 2. The molecule has 0 spiro atoms. The van der Waals surface area contributed by atoms with E-state index in [1.807, 2.05) is 4.72 Å². The normalized spacial score (nSPS) is 10.7. The van der Waals surface area contributed by atoms with E-state index in [1.165, 1.54) is 6.20 Å². The Kier molecular flexibility index (Phi) is 4.46. The van der Waals surface area contributed by atoms with Crippen LogP contribution in [0.3, 0.4) is 0 Å². The molecule has 0 fully saturated rings. The third kappa shape index (κ3) is 4.83. The summed E-state index contributed by atoms with van der Waals surface area (Å²) in [5, 5.41) is 0.0151. The maximum absolute atomic E-state index is 11.4. The van der Waals surface area contributed by atoms with Gasteiger partial charge in [-0.1, -0.05) is 11.6 Å². The summed E-state index contributed by atoms with van der Waals surface area (Å²) in [4.78, 5) is 18.2. The fourth-order valence-electron chi connectivity index (χ4n) is 0.825. The van der Waals surface area contributed by atoms with E-state index in [0.717, 1.165) is 6.20 Å². The molecule has 0 aliphatic carbocycles. The molecular formula is C7H9ClN4O4S. The molecule has 0 aromatic carbocycles. The molecule has 2 N–H and O–H groups in total. The van der Waals surface area contributed by atoms with Crippen LogP contribution in [0.4, 0.5) is 10.6 Å². The largest absolute Gasteiger partial charge is 0.449 e. The second-order valence-electron chi connectivity index (χ2n) is 2.66. The number of nitrogens with one attached hydrogen (secondary N) is 2. The number of hydrogen-bond acceptors (Lipinski definition) is 6. The summed E-state index contributed by atoms with van der Waals surface area (Å²) in [7, 11) is -4.11. The number of halogens is 1. The first-order valence-electron chi connectivity index (χ1n) is 4.38. The van der Waals surface area contributed by atoms with Crippen LogP contribution in [0, 0.1) is 0 Å². The second-order valence-corrected chi connectivity index (χ2v) is 4.46. The van der Waals surface area contributed by atoms with Gasteiger partial charge in [-0.2, -0.15) is 8.42 Å². The Morgan fingerprint density at radius 3 is 2.82 bits per heavy atom. The quantitative estimate of drug-likeness (QED) is 0.832. The molecule has 0 saturated heterocycles. The Labute approximate surface area is 103 Å². The summed E-state index contributed by atoms with van der Waals surface area (Å²) in [5.74, 6) is -0.116. The molecule has 1 aromatic heterocycles. The van der Waals surface area contributed by atoms with Gasteiger partial charge in [-0.15, -0.1) is 0 Å². The Balaban J connectivity index is 2.70. The van der Waals surface area contributed by atoms with E-state index in [4.69, 9.17) is 11.6 Å². The first-order chi connectivity index (χ1) is 7.93. The molecule has 1 heterocycles. The molecule has 0 radical (unpaired) electrons. The van der Waals surface area contributed by atoms with Gasteiger partial charge in [0.15, 0.2) is 5.82 Å². The van der Waals surface area contributed by atoms with Gasteiger partial charge in [0.05, 0.1) is 19.0 Å². The molecule has 0 atom stereocenters. The molecule has 17 heavy (non-hydrogen) atoms. The van der Waals surface area contributed by atoms with Crippen molar-refractivity contribution >= 4 is 33.7 Å². The maximum atomic E-state index is 11.4. The number of hydrogen-bond donors (Lipinski definition) is 2. The van der Waals surface area contributed by atoms with Crippen molar-refractivity contribution in [2.24, 2.45) is 0 Å². The van der Waals surface area contributed by atoms with E-state index in [2.05, 4.69) is 14.7 Å². The summed E-state index contributed by atoms with van der Waals surface area (Å²) >= 11 is 5.51. The summed E-state index contributed by atoms with van der Waals surface area (Å²) in [6.07, 6.45) is 1.28. The van der Waals surface area contributed by atoms with E-state index in [-0.39, 0.29) is 17.6 Å². The van der Waals surface area contributed by atoms with Crippen molar-refractivity contribution in [3.63, 3.8) is 0 Å². The molecule has 0 aliphatic heterocycles. The minimum absolute atomic E-state index is 0.0151. The summed E-state index contributed by atoms with van der Waals surface area (Å²) in [5.41, 5.74) is 0. The minimum Gasteiger partial charge on any atom is -0.449 e. The number of rotatable bonds is 4. The van der Waals surface area contributed by atoms with Gasteiger partial charge in [0, 0.05) is 0 Å². The van der Waals surface area contributed by atoms with Crippen LogP contribution < -0.4 is 9.44 Å². The number of amides is 1. The van der Waals surface area contributed by atoms with Gasteiger partial charge in [-0.05, 0) is 6.92 Å². The maximum Gasteiger partial charge on any atom is 0.422 e. The topological polar surface area (TPSA) is 110 Å². The second kappa shape index (κ2) is 5.64. The fraction of sp³-hybridized carbons (Fsp3) is 0.286. The minimum atomic E-state index is -4.11. The molecule has 0 aliphatic rings. The van der Waals surface area contributed by atoms with E-state index >= 15 is 0 Å². The van der Waals surface area contributed by atoms with Gasteiger partial charge in [0.1, 0.15) is 5.15 Å². The van der Waals surface area contributed by atoms with E-state index in [1.54, 1.807) is 11.6 Å². The zero-order valence-corrected chi connectivity index (χ0v) is 10.2. The molecule has 1 aromatic rings. The van der Waals surface area contributed by atoms with Crippen molar-refractivity contribution in [2.45, 2.75) is 6.92 Å². The van der Waals surface area contributed by atoms with Gasteiger partial charge in [-0.3, -0.25) is 4.98 Å². The summed E-state index contributed by atoms with van der Waals surface area (Å²) in [6.45, 7) is 1.60. The van der Waals surface area contributed by atoms with Gasteiger partial charge >= 0.3 is 16.3 Å². The van der Waals surface area contributed by atoms with Crippen molar-refractivity contribution in [1.82, 2.24) is 14.7 Å². The Morgan fingerprint density at radius 1 is 1.53 bits per heavy atom. The van der Waals surface area contributed by atoms with Crippen LogP contribution in [0.25, 0.3) is 0 Å². The zero-order chi connectivity index (χ0) is 12.9. The SMILES string of the molecule is CCOC(=O)NS(=O)(=O)Nc1cncc(Cl)n1. The fourth-order valence-corrected chi connectivity index (χ4v) is 1.68. The number of carbonyl (C=O) groups is 1. The first kappa shape index (κ1) is 13.5. The highest BCUT2D eigenvalue weighted by molar-refractivity contribution is 7.91. The molecule has 94 valence electrons. The Bertz CT molecular complexity index is 506. The third-order valence-electron chi connectivity index (χ3n) is 1.34. The monoisotopic (exact) mass is 280 g/mol. The molecule has 0 bridgehead atoms. The zero-order valence-electron chi connectivity index (χ0n) is 8.68. The lowest BCUT2D eigenvalue weighted by atomic mass is 10.7. The molecule has 1 rings (SSSR count). The van der Waals surface area contributed by atoms with Gasteiger partial charge in [0.2, 0.25) is 0 Å². The predicted molar refractivity (Wildman–Crippen MR) is 59.7 cm³/mol. The number of carbonyl (C=O) groups excluding carboxylic acids is 1. The number of anilines is 1. The lowest BCUT2D eigenvalue weighted by molar-refractivity contribution is 0.159. The average Bonchev–Trinajstić information content (AvgIpc) is 2.15. The average molecular weight is 281 g/mol. The standard InChI is InChI=1S/C7H9ClN4O4S/c1-2-16-7(13)12-17(14,15)11-6-4-9-3-5(8)10-6/h3-4H,2H2,1H3,(H,10,11)(H,12,13). The molecule has 1 amide bonds. The van der Waals surface area contributed by atoms with E-state index in [9.17, 15) is 13.2 Å². The first-order valence-corrected chi connectivity index (χ1v) is 6.24. The number of nitrogens with zero attached hydrogens (tertiary/aromatic N) is 2. The van der Waals surface area contributed by atoms with Crippen molar-refractivity contribution in [1.29, 1.82) is 0 Å². The lowest BCUT2D eigenvalue weighted by Crippen LogP contribution is -2.36.